The third-order valence-corrected chi connectivity index (χ3v) is 13.9. The maximum Gasteiger partial charge on any atom is 0.160 e. The summed E-state index contributed by atoms with van der Waals surface area (Å²) in [5, 5.41) is 7.45. The summed E-state index contributed by atoms with van der Waals surface area (Å²) < 4.78 is 5.20. The van der Waals surface area contributed by atoms with E-state index >= 15 is 0 Å². The minimum Gasteiger partial charge on any atom is -0.263 e. The lowest BCUT2D eigenvalue weighted by Crippen LogP contribution is -1.97. The molecular formula is C55H33N3S2. The van der Waals surface area contributed by atoms with Crippen molar-refractivity contribution in [1.29, 1.82) is 0 Å². The van der Waals surface area contributed by atoms with Crippen molar-refractivity contribution in [3.05, 3.63) is 200 Å². The maximum atomic E-state index is 5.37. The van der Waals surface area contributed by atoms with E-state index in [2.05, 4.69) is 187 Å². The van der Waals surface area contributed by atoms with Gasteiger partial charge in [0.05, 0.1) is 11.4 Å². The first-order valence-corrected chi connectivity index (χ1v) is 21.7. The first-order valence-electron chi connectivity index (χ1n) is 20.1. The van der Waals surface area contributed by atoms with E-state index in [1.807, 2.05) is 41.1 Å². The molecule has 4 aromatic heterocycles. The second kappa shape index (κ2) is 14.2. The molecule has 280 valence electrons. The predicted octanol–water partition coefficient (Wildman–Crippen LogP) is 15.8. The molecule has 0 aliphatic carbocycles. The average molecular weight is 800 g/mol. The lowest BCUT2D eigenvalue weighted by molar-refractivity contribution is 1.18. The summed E-state index contributed by atoms with van der Waals surface area (Å²) in [4.78, 5) is 15.1. The Morgan fingerprint density at radius 3 is 1.45 bits per heavy atom. The Morgan fingerprint density at radius 1 is 0.300 bits per heavy atom. The highest BCUT2D eigenvalue weighted by molar-refractivity contribution is 7.26. The number of hydrogen-bond acceptors (Lipinski definition) is 5. The van der Waals surface area contributed by atoms with Crippen molar-refractivity contribution in [2.75, 3.05) is 0 Å². The fourth-order valence-corrected chi connectivity index (χ4v) is 10.7. The number of benzene rings is 8. The number of nitrogens with zero attached hydrogens (tertiary/aromatic N) is 3. The molecule has 0 saturated heterocycles. The number of thiophene rings is 2. The van der Waals surface area contributed by atoms with Gasteiger partial charge in [-0.25, -0.2) is 9.97 Å². The molecule has 12 rings (SSSR count). The number of rotatable bonds is 6. The van der Waals surface area contributed by atoms with Gasteiger partial charge in [-0.15, -0.1) is 22.7 Å². The van der Waals surface area contributed by atoms with Crippen LogP contribution in [-0.4, -0.2) is 15.0 Å². The topological polar surface area (TPSA) is 38.7 Å². The van der Waals surface area contributed by atoms with Crippen molar-refractivity contribution < 1.29 is 0 Å². The summed E-state index contributed by atoms with van der Waals surface area (Å²) in [5.41, 5.74) is 11.6. The Bertz CT molecular complexity index is 3470. The van der Waals surface area contributed by atoms with Crippen LogP contribution in [0, 0.1) is 0 Å². The third-order valence-electron chi connectivity index (χ3n) is 11.6. The minimum absolute atomic E-state index is 0.679. The van der Waals surface area contributed by atoms with Crippen molar-refractivity contribution in [1.82, 2.24) is 15.0 Å². The first kappa shape index (κ1) is 34.7. The normalized spacial score (nSPS) is 11.7. The van der Waals surface area contributed by atoms with Gasteiger partial charge in [0.2, 0.25) is 0 Å². The van der Waals surface area contributed by atoms with Gasteiger partial charge in [0.25, 0.3) is 0 Å². The van der Waals surface area contributed by atoms with Crippen LogP contribution in [0.1, 0.15) is 0 Å². The van der Waals surface area contributed by atoms with Crippen LogP contribution >= 0.6 is 22.7 Å². The van der Waals surface area contributed by atoms with E-state index in [0.29, 0.717) is 5.82 Å². The van der Waals surface area contributed by atoms with Gasteiger partial charge in [-0.1, -0.05) is 127 Å². The Morgan fingerprint density at radius 2 is 0.800 bits per heavy atom. The largest absolute Gasteiger partial charge is 0.263 e. The highest BCUT2D eigenvalue weighted by atomic mass is 32.1. The summed E-state index contributed by atoms with van der Waals surface area (Å²) in [6.07, 6.45) is 3.87. The standard InChI is InChI=1S/C55H33N3S2/c1-2-10-35(11-3-1)49-31-50(58-55(57-49)36-20-18-34(19-21-36)48-33-56-32-39-12-4-5-13-43(39)48)42-27-40(37-22-24-53-46(29-37)44-14-6-8-16-51(44)59-53)26-41(28-42)38-23-25-54-47(30-38)45-15-7-9-17-52(45)60-54/h1-33H. The number of pyridine rings is 1. The zero-order valence-electron chi connectivity index (χ0n) is 32.2. The van der Waals surface area contributed by atoms with Crippen LogP contribution in [0.15, 0.2) is 200 Å². The molecule has 0 atom stereocenters. The van der Waals surface area contributed by atoms with Gasteiger partial charge in [0.15, 0.2) is 5.82 Å². The Kier molecular flexibility index (Phi) is 8.22. The molecular weight excluding hydrogens is 767 g/mol. The zero-order valence-corrected chi connectivity index (χ0v) is 33.8. The van der Waals surface area contributed by atoms with Crippen LogP contribution in [0.2, 0.25) is 0 Å². The molecule has 3 nitrogen and oxygen atoms in total. The number of fused-ring (bicyclic) bond motifs is 7. The molecule has 0 aliphatic heterocycles. The molecule has 0 aliphatic rings. The summed E-state index contributed by atoms with van der Waals surface area (Å²) >= 11 is 3.70. The van der Waals surface area contributed by atoms with Gasteiger partial charge in [-0.2, -0.15) is 0 Å². The maximum absolute atomic E-state index is 5.37. The number of aromatic nitrogens is 3. The van der Waals surface area contributed by atoms with E-state index < -0.39 is 0 Å². The molecule has 0 radical (unpaired) electrons. The van der Waals surface area contributed by atoms with Gasteiger partial charge in [0.1, 0.15) is 0 Å². The summed E-state index contributed by atoms with van der Waals surface area (Å²) in [6, 6.07) is 67.7. The van der Waals surface area contributed by atoms with E-state index in [1.165, 1.54) is 56.9 Å². The fraction of sp³-hybridized carbons (Fsp3) is 0. The second-order valence-corrected chi connectivity index (χ2v) is 17.4. The quantitative estimate of drug-likeness (QED) is 0.168. The van der Waals surface area contributed by atoms with E-state index in [9.17, 15) is 0 Å². The monoisotopic (exact) mass is 799 g/mol. The molecule has 0 N–H and O–H groups in total. The molecule has 4 heterocycles. The summed E-state index contributed by atoms with van der Waals surface area (Å²) in [5.74, 6) is 0.679. The van der Waals surface area contributed by atoms with Gasteiger partial charge < -0.3 is 0 Å². The molecule has 60 heavy (non-hydrogen) atoms. The van der Waals surface area contributed by atoms with Crippen LogP contribution in [0.4, 0.5) is 0 Å². The molecule has 0 amide bonds. The molecule has 8 aromatic carbocycles. The fourth-order valence-electron chi connectivity index (χ4n) is 8.55. The molecule has 0 bridgehead atoms. The number of hydrogen-bond donors (Lipinski definition) is 0. The Hall–Kier alpha value is -7.31. The van der Waals surface area contributed by atoms with E-state index in [0.717, 1.165) is 55.7 Å². The van der Waals surface area contributed by atoms with Crippen molar-refractivity contribution in [2.24, 2.45) is 0 Å². The van der Waals surface area contributed by atoms with E-state index in [1.54, 1.807) is 0 Å². The summed E-state index contributed by atoms with van der Waals surface area (Å²) in [7, 11) is 0. The minimum atomic E-state index is 0.679. The van der Waals surface area contributed by atoms with Crippen LogP contribution in [0.3, 0.4) is 0 Å². The van der Waals surface area contributed by atoms with Gasteiger partial charge >= 0.3 is 0 Å². The van der Waals surface area contributed by atoms with E-state index in [-0.39, 0.29) is 0 Å². The van der Waals surface area contributed by atoms with Crippen molar-refractivity contribution in [2.45, 2.75) is 0 Å². The van der Waals surface area contributed by atoms with Crippen LogP contribution in [0.5, 0.6) is 0 Å². The predicted molar refractivity (Wildman–Crippen MR) is 256 cm³/mol. The Balaban J connectivity index is 1.04. The molecule has 0 fully saturated rings. The van der Waals surface area contributed by atoms with Gasteiger partial charge in [-0.05, 0) is 93.9 Å². The molecule has 0 spiro atoms. The second-order valence-electron chi connectivity index (χ2n) is 15.2. The van der Waals surface area contributed by atoms with Gasteiger partial charge in [0, 0.05) is 80.4 Å². The molecule has 0 saturated carbocycles. The van der Waals surface area contributed by atoms with Crippen molar-refractivity contribution in [3.63, 3.8) is 0 Å². The lowest BCUT2D eigenvalue weighted by Gasteiger charge is -2.14. The molecule has 0 unspecified atom stereocenters. The van der Waals surface area contributed by atoms with Crippen LogP contribution < -0.4 is 0 Å². The van der Waals surface area contributed by atoms with Crippen LogP contribution in [0.25, 0.3) is 118 Å². The first-order chi connectivity index (χ1) is 29.7. The highest BCUT2D eigenvalue weighted by Gasteiger charge is 2.16. The highest BCUT2D eigenvalue weighted by Crippen LogP contribution is 2.41. The zero-order chi connectivity index (χ0) is 39.6. The Labute approximate surface area is 354 Å². The van der Waals surface area contributed by atoms with Crippen molar-refractivity contribution in [3.8, 4) is 67.3 Å². The average Bonchev–Trinajstić information content (AvgIpc) is 3.89. The summed E-state index contributed by atoms with van der Waals surface area (Å²) in [6.45, 7) is 0. The SMILES string of the molecule is c1ccc(-c2cc(-c3cc(-c4ccc5sc6ccccc6c5c4)cc(-c4ccc5sc6ccccc6c5c4)c3)nc(-c3ccc(-c4cncc5ccccc45)cc3)n2)cc1. The lowest BCUT2D eigenvalue weighted by atomic mass is 9.93. The smallest absolute Gasteiger partial charge is 0.160 e. The van der Waals surface area contributed by atoms with Crippen LogP contribution in [-0.2, 0) is 0 Å². The molecule has 12 aromatic rings. The molecule has 5 heteroatoms. The van der Waals surface area contributed by atoms with E-state index in [4.69, 9.17) is 9.97 Å². The van der Waals surface area contributed by atoms with Crippen molar-refractivity contribution >= 4 is 73.8 Å². The van der Waals surface area contributed by atoms with Gasteiger partial charge in [-0.3, -0.25) is 4.98 Å². The third kappa shape index (κ3) is 6.06.